The molecule has 1 amide bonds. The van der Waals surface area contributed by atoms with E-state index >= 15 is 4.39 Å². The summed E-state index contributed by atoms with van der Waals surface area (Å²) in [4.78, 5) is 30.4. The van der Waals surface area contributed by atoms with E-state index in [2.05, 4.69) is 15.6 Å². The molecule has 2 fully saturated rings. The highest BCUT2D eigenvalue weighted by atomic mass is 35.5. The maximum atomic E-state index is 15.1. The lowest BCUT2D eigenvalue weighted by Crippen LogP contribution is -2.49. The van der Waals surface area contributed by atoms with Crippen LogP contribution in [0, 0.1) is 11.7 Å². The molecule has 1 spiro atoms. The number of aromatic nitrogens is 1. The minimum absolute atomic E-state index is 0.0350. The number of ketones is 1. The molecule has 5 nitrogen and oxygen atoms in total. The van der Waals surface area contributed by atoms with E-state index in [-0.39, 0.29) is 33.5 Å². The molecule has 2 N–H and O–H groups in total. The van der Waals surface area contributed by atoms with Crippen LogP contribution in [0.15, 0.2) is 30.3 Å². The fraction of sp³-hybridized carbons (Fsp3) is 0.350. The number of nitrogens with one attached hydrogen (secondary N) is 2. The van der Waals surface area contributed by atoms with Crippen molar-refractivity contribution in [2.45, 2.75) is 36.8 Å². The van der Waals surface area contributed by atoms with E-state index in [1.165, 1.54) is 6.07 Å². The number of fused-ring (bicyclic) bond motifs is 3. The number of carbonyl (C=O) groups excluding carboxylic acids is 2. The number of rotatable bonds is 1. The standard InChI is InChI=1S/C20H16Cl2FN3O2/c21-11-4-1-3-9(17(11)23)16-15-12(5-2-6-13(15)27)26-20(16)10-7-8-14(22)24-18(10)25-19(20)28/h1,3-4,7-8,12,15-16,26H,2,5-6H2,(H,24,25,28)/t12-,15-,16-,20+/m0/s1. The molecule has 1 aromatic heterocycles. The largest absolute Gasteiger partial charge is 0.308 e. The zero-order valence-electron chi connectivity index (χ0n) is 14.6. The van der Waals surface area contributed by atoms with Gasteiger partial charge in [-0.25, -0.2) is 9.37 Å². The summed E-state index contributed by atoms with van der Waals surface area (Å²) >= 11 is 12.0. The fourth-order valence-corrected chi connectivity index (χ4v) is 5.44. The molecule has 4 atom stereocenters. The van der Waals surface area contributed by atoms with Crippen LogP contribution in [-0.2, 0) is 15.1 Å². The van der Waals surface area contributed by atoms with E-state index in [4.69, 9.17) is 23.2 Å². The molecule has 1 aromatic carbocycles. The van der Waals surface area contributed by atoms with Crippen molar-refractivity contribution in [1.29, 1.82) is 0 Å². The van der Waals surface area contributed by atoms with Gasteiger partial charge in [-0.3, -0.25) is 14.9 Å². The van der Waals surface area contributed by atoms with Crippen LogP contribution >= 0.6 is 23.2 Å². The molecule has 0 radical (unpaired) electrons. The Kier molecular flexibility index (Phi) is 4.02. The van der Waals surface area contributed by atoms with Gasteiger partial charge >= 0.3 is 0 Å². The second kappa shape index (κ2) is 6.24. The topological polar surface area (TPSA) is 71.1 Å². The van der Waals surface area contributed by atoms with Crippen molar-refractivity contribution in [1.82, 2.24) is 10.3 Å². The van der Waals surface area contributed by atoms with E-state index in [9.17, 15) is 9.59 Å². The van der Waals surface area contributed by atoms with E-state index in [1.54, 1.807) is 24.3 Å². The van der Waals surface area contributed by atoms with E-state index in [0.29, 0.717) is 17.8 Å². The zero-order chi connectivity index (χ0) is 19.6. The molecule has 0 bridgehead atoms. The first-order chi connectivity index (χ1) is 13.4. The van der Waals surface area contributed by atoms with Crippen LogP contribution < -0.4 is 10.6 Å². The normalized spacial score (nSPS) is 31.0. The molecule has 3 heterocycles. The van der Waals surface area contributed by atoms with Gasteiger partial charge in [0, 0.05) is 29.9 Å². The molecule has 1 aliphatic carbocycles. The zero-order valence-corrected chi connectivity index (χ0v) is 16.1. The molecular weight excluding hydrogens is 404 g/mol. The highest BCUT2D eigenvalue weighted by Crippen LogP contribution is 2.56. The second-order valence-corrected chi connectivity index (χ2v) is 8.34. The highest BCUT2D eigenvalue weighted by Gasteiger charge is 2.64. The Morgan fingerprint density at radius 2 is 2.00 bits per heavy atom. The average molecular weight is 420 g/mol. The fourth-order valence-electron chi connectivity index (χ4n) is 5.12. The van der Waals surface area contributed by atoms with Crippen molar-refractivity contribution in [3.63, 3.8) is 0 Å². The lowest BCUT2D eigenvalue weighted by molar-refractivity contribution is -0.125. The Morgan fingerprint density at radius 3 is 2.82 bits per heavy atom. The monoisotopic (exact) mass is 419 g/mol. The Morgan fingerprint density at radius 1 is 1.18 bits per heavy atom. The predicted octanol–water partition coefficient (Wildman–Crippen LogP) is 3.80. The van der Waals surface area contributed by atoms with Crippen molar-refractivity contribution in [3.8, 4) is 0 Å². The molecule has 1 saturated carbocycles. The Bertz CT molecular complexity index is 1030. The number of hydrogen-bond donors (Lipinski definition) is 2. The van der Waals surface area contributed by atoms with Gasteiger partial charge in [-0.15, -0.1) is 0 Å². The molecule has 0 unspecified atom stereocenters. The second-order valence-electron chi connectivity index (χ2n) is 7.55. The average Bonchev–Trinajstić information content (AvgIpc) is 3.14. The summed E-state index contributed by atoms with van der Waals surface area (Å²) in [6.07, 6.45) is 1.90. The van der Waals surface area contributed by atoms with Crippen LogP contribution in [-0.4, -0.2) is 22.7 Å². The smallest absolute Gasteiger partial charge is 0.251 e. The maximum absolute atomic E-state index is 15.1. The molecule has 3 aliphatic rings. The molecule has 28 heavy (non-hydrogen) atoms. The third-order valence-corrected chi connectivity index (χ3v) is 6.68. The summed E-state index contributed by atoms with van der Waals surface area (Å²) in [5.41, 5.74) is -0.456. The van der Waals surface area contributed by atoms with Crippen molar-refractivity contribution in [2.75, 3.05) is 5.32 Å². The number of hydrogen-bond acceptors (Lipinski definition) is 4. The van der Waals surface area contributed by atoms with Gasteiger partial charge < -0.3 is 5.32 Å². The first-order valence-corrected chi connectivity index (χ1v) is 9.92. The van der Waals surface area contributed by atoms with Crippen LogP contribution in [0.2, 0.25) is 10.2 Å². The van der Waals surface area contributed by atoms with Crippen LogP contribution in [0.1, 0.15) is 36.3 Å². The van der Waals surface area contributed by atoms with Gasteiger partial charge in [-0.05, 0) is 36.6 Å². The van der Waals surface area contributed by atoms with Crippen molar-refractivity contribution >= 4 is 40.7 Å². The van der Waals surface area contributed by atoms with Gasteiger partial charge in [-0.2, -0.15) is 0 Å². The Labute approximate surface area is 170 Å². The molecule has 5 rings (SSSR count). The summed E-state index contributed by atoms with van der Waals surface area (Å²) in [6, 6.07) is 7.79. The Hall–Kier alpha value is -2.02. The third kappa shape index (κ3) is 2.31. The first-order valence-electron chi connectivity index (χ1n) is 9.16. The number of Topliss-reactive ketones (excluding diaryl/α,β-unsaturated/α-hetero) is 1. The van der Waals surface area contributed by atoms with E-state index in [0.717, 1.165) is 12.8 Å². The SMILES string of the molecule is O=C1CCC[C@@H]2N[C@@]3(C(=O)Nc4nc(Cl)ccc43)[C@@H](c3cccc(Cl)c3F)[C@H]12. The molecule has 144 valence electrons. The highest BCUT2D eigenvalue weighted by molar-refractivity contribution is 6.31. The molecule has 2 aromatic rings. The summed E-state index contributed by atoms with van der Waals surface area (Å²) in [7, 11) is 0. The van der Waals surface area contributed by atoms with Gasteiger partial charge in [0.15, 0.2) is 0 Å². The summed E-state index contributed by atoms with van der Waals surface area (Å²) in [5, 5.41) is 6.37. The molecular formula is C20H16Cl2FN3O2. The number of halogens is 3. The Balaban J connectivity index is 1.78. The van der Waals surface area contributed by atoms with Crippen molar-refractivity contribution < 1.29 is 14.0 Å². The molecule has 1 saturated heterocycles. The number of nitrogens with zero attached hydrogens (tertiary/aromatic N) is 1. The van der Waals surface area contributed by atoms with Gasteiger partial charge in [0.2, 0.25) is 0 Å². The first kappa shape index (κ1) is 18.0. The van der Waals surface area contributed by atoms with Crippen LogP contribution in [0.3, 0.4) is 0 Å². The van der Waals surface area contributed by atoms with Crippen LogP contribution in [0.4, 0.5) is 10.2 Å². The van der Waals surface area contributed by atoms with Gasteiger partial charge in [0.05, 0.1) is 5.02 Å². The maximum Gasteiger partial charge on any atom is 0.251 e. The minimum atomic E-state index is -1.30. The number of pyridine rings is 1. The predicted molar refractivity (Wildman–Crippen MR) is 103 cm³/mol. The number of benzene rings is 1. The van der Waals surface area contributed by atoms with Crippen LogP contribution in [0.5, 0.6) is 0 Å². The molecule has 8 heteroatoms. The lowest BCUT2D eigenvalue weighted by atomic mass is 9.68. The number of amides is 1. The van der Waals surface area contributed by atoms with E-state index in [1.807, 2.05) is 0 Å². The van der Waals surface area contributed by atoms with Gasteiger partial charge in [0.25, 0.3) is 5.91 Å². The minimum Gasteiger partial charge on any atom is -0.308 e. The quantitative estimate of drug-likeness (QED) is 0.689. The lowest BCUT2D eigenvalue weighted by Gasteiger charge is -2.32. The van der Waals surface area contributed by atoms with Gasteiger partial charge in [-0.1, -0.05) is 35.3 Å². The van der Waals surface area contributed by atoms with Crippen molar-refractivity contribution in [3.05, 3.63) is 57.5 Å². The molecule has 2 aliphatic heterocycles. The number of carbonyl (C=O) groups is 2. The van der Waals surface area contributed by atoms with Gasteiger partial charge in [0.1, 0.15) is 28.1 Å². The summed E-state index contributed by atoms with van der Waals surface area (Å²) < 4.78 is 15.1. The summed E-state index contributed by atoms with van der Waals surface area (Å²) in [6.45, 7) is 0. The van der Waals surface area contributed by atoms with E-state index < -0.39 is 23.2 Å². The third-order valence-electron chi connectivity index (χ3n) is 6.17. The van der Waals surface area contributed by atoms with Crippen LogP contribution in [0.25, 0.3) is 0 Å². The summed E-state index contributed by atoms with van der Waals surface area (Å²) in [5.74, 6) is -1.83. The number of anilines is 1. The van der Waals surface area contributed by atoms with Crippen molar-refractivity contribution in [2.24, 2.45) is 5.92 Å².